The summed E-state index contributed by atoms with van der Waals surface area (Å²) in [6, 6.07) is 3.89. The molecule has 0 radical (unpaired) electrons. The largest absolute Gasteiger partial charge is 0.454 e. The van der Waals surface area contributed by atoms with Crippen molar-refractivity contribution in [2.45, 2.75) is 57.5 Å². The van der Waals surface area contributed by atoms with Crippen LogP contribution in [0.15, 0.2) is 18.2 Å². The summed E-state index contributed by atoms with van der Waals surface area (Å²) in [7, 11) is 0. The van der Waals surface area contributed by atoms with Crippen LogP contribution >= 0.6 is 23.2 Å². The van der Waals surface area contributed by atoms with E-state index in [-0.39, 0.29) is 0 Å². The van der Waals surface area contributed by atoms with E-state index in [9.17, 15) is 19.2 Å². The fourth-order valence-electron chi connectivity index (χ4n) is 4.27. The molecule has 1 saturated carbocycles. The summed E-state index contributed by atoms with van der Waals surface area (Å²) in [6.45, 7) is 2.77. The Balaban J connectivity index is 1.48. The number of carbonyl (C=O) groups excluding carboxylic acids is 4. The van der Waals surface area contributed by atoms with Gasteiger partial charge in [-0.25, -0.2) is 4.79 Å². The summed E-state index contributed by atoms with van der Waals surface area (Å²) in [6.07, 6.45) is 3.89. The van der Waals surface area contributed by atoms with Crippen LogP contribution in [0.3, 0.4) is 0 Å². The molecule has 2 N–H and O–H groups in total. The number of imide groups is 1. The quantitative estimate of drug-likeness (QED) is 0.455. The Morgan fingerprint density at radius 1 is 1.28 bits per heavy atom. The molecule has 10 heteroatoms. The highest BCUT2D eigenvalue weighted by Crippen LogP contribution is 2.37. The van der Waals surface area contributed by atoms with Crippen LogP contribution in [-0.4, -0.2) is 47.4 Å². The zero-order chi connectivity index (χ0) is 23.5. The average molecular weight is 484 g/mol. The highest BCUT2D eigenvalue weighted by Gasteiger charge is 2.52. The van der Waals surface area contributed by atoms with Gasteiger partial charge in [-0.3, -0.25) is 19.3 Å². The van der Waals surface area contributed by atoms with Gasteiger partial charge in [0.05, 0.1) is 6.04 Å². The maximum absolute atomic E-state index is 12.9. The lowest BCUT2D eigenvalue weighted by molar-refractivity contribution is -0.151. The molecular weight excluding hydrogens is 457 g/mol. The monoisotopic (exact) mass is 483 g/mol. The van der Waals surface area contributed by atoms with Gasteiger partial charge in [0.15, 0.2) is 6.61 Å². The van der Waals surface area contributed by atoms with Gasteiger partial charge in [-0.2, -0.15) is 0 Å². The molecule has 1 aliphatic carbocycles. The van der Waals surface area contributed by atoms with Crippen molar-refractivity contribution in [1.82, 2.24) is 15.5 Å². The maximum Gasteiger partial charge on any atom is 0.326 e. The highest BCUT2D eigenvalue weighted by atomic mass is 35.5. The summed E-state index contributed by atoms with van der Waals surface area (Å²) in [5.41, 5.74) is -0.258. The molecule has 174 valence electrons. The van der Waals surface area contributed by atoms with Gasteiger partial charge < -0.3 is 15.4 Å². The Morgan fingerprint density at radius 2 is 1.97 bits per heavy atom. The van der Waals surface area contributed by atoms with Gasteiger partial charge in [0.2, 0.25) is 0 Å². The Morgan fingerprint density at radius 3 is 2.59 bits per heavy atom. The Bertz CT molecular complexity index is 915. The summed E-state index contributed by atoms with van der Waals surface area (Å²) >= 11 is 12.0. The number of benzene rings is 1. The number of hydrogen-bond acceptors (Lipinski definition) is 5. The Kier molecular flexibility index (Phi) is 7.67. The molecule has 32 heavy (non-hydrogen) atoms. The van der Waals surface area contributed by atoms with E-state index in [4.69, 9.17) is 27.9 Å². The van der Waals surface area contributed by atoms with Crippen LogP contribution in [0, 0.1) is 5.92 Å². The van der Waals surface area contributed by atoms with Gasteiger partial charge in [-0.1, -0.05) is 42.6 Å². The lowest BCUT2D eigenvalue weighted by Crippen LogP contribution is -2.49. The van der Waals surface area contributed by atoms with Crippen LogP contribution in [0.2, 0.25) is 10.0 Å². The molecule has 3 rings (SSSR count). The van der Waals surface area contributed by atoms with E-state index in [1.54, 1.807) is 25.1 Å². The molecule has 1 unspecified atom stereocenters. The van der Waals surface area contributed by atoms with E-state index in [1.165, 1.54) is 0 Å². The predicted octanol–water partition coefficient (Wildman–Crippen LogP) is 3.60. The minimum Gasteiger partial charge on any atom is -0.454 e. The number of halogens is 2. The molecular formula is C22H27Cl2N3O5. The summed E-state index contributed by atoms with van der Waals surface area (Å²) in [4.78, 5) is 50.4. The molecule has 1 saturated heterocycles. The summed E-state index contributed by atoms with van der Waals surface area (Å²) in [5.74, 6) is -1.22. The number of nitrogens with one attached hydrogen (secondary N) is 2. The molecule has 1 aliphatic heterocycles. The fourth-order valence-corrected chi connectivity index (χ4v) is 4.84. The SMILES string of the molecule is CCC1CCC2(CC1)NC(=O)N(CC(=O)OCC(=O)NC(C)c1ccc(Cl)cc1Cl)C2=O. The van der Waals surface area contributed by atoms with Gasteiger partial charge in [0, 0.05) is 10.0 Å². The lowest BCUT2D eigenvalue weighted by atomic mass is 9.75. The van der Waals surface area contributed by atoms with Crippen LogP contribution in [-0.2, 0) is 19.1 Å². The number of carbonyl (C=O) groups is 4. The second kappa shape index (κ2) is 10.1. The second-order valence-electron chi connectivity index (χ2n) is 8.37. The van der Waals surface area contributed by atoms with E-state index in [2.05, 4.69) is 17.6 Å². The van der Waals surface area contributed by atoms with Crippen molar-refractivity contribution < 1.29 is 23.9 Å². The number of ether oxygens (including phenoxy) is 1. The first-order valence-corrected chi connectivity index (χ1v) is 11.4. The van der Waals surface area contributed by atoms with Crippen molar-refractivity contribution in [2.75, 3.05) is 13.2 Å². The minimum atomic E-state index is -0.923. The molecule has 4 amide bonds. The van der Waals surface area contributed by atoms with Crippen molar-refractivity contribution in [1.29, 1.82) is 0 Å². The van der Waals surface area contributed by atoms with E-state index in [1.807, 2.05) is 0 Å². The standard InChI is InChI=1S/C22H27Cl2N3O5/c1-3-14-6-8-22(9-7-14)20(30)27(21(31)26-22)11-19(29)32-12-18(28)25-13(2)16-5-4-15(23)10-17(16)24/h4-5,10,13-14H,3,6-9,11-12H2,1-2H3,(H,25,28)(H,26,31). The van der Waals surface area contributed by atoms with Crippen molar-refractivity contribution >= 4 is 47.0 Å². The molecule has 1 aromatic carbocycles. The molecule has 2 fully saturated rings. The first kappa shape index (κ1) is 24.3. The molecule has 1 atom stereocenters. The van der Waals surface area contributed by atoms with E-state index in [0.717, 1.165) is 24.2 Å². The van der Waals surface area contributed by atoms with Gasteiger partial charge >= 0.3 is 12.0 Å². The molecule has 8 nitrogen and oxygen atoms in total. The van der Waals surface area contributed by atoms with Crippen molar-refractivity contribution in [3.05, 3.63) is 33.8 Å². The van der Waals surface area contributed by atoms with Gasteiger partial charge in [-0.05, 0) is 56.2 Å². The third-order valence-electron chi connectivity index (χ3n) is 6.24. The minimum absolute atomic E-state index is 0.399. The Hall–Kier alpha value is -2.32. The first-order valence-electron chi connectivity index (χ1n) is 10.7. The molecule has 2 aliphatic rings. The maximum atomic E-state index is 12.9. The number of rotatable bonds is 7. The zero-order valence-corrected chi connectivity index (χ0v) is 19.6. The zero-order valence-electron chi connectivity index (χ0n) is 18.1. The van der Waals surface area contributed by atoms with Crippen LogP contribution in [0.4, 0.5) is 4.79 Å². The van der Waals surface area contributed by atoms with Crippen LogP contribution in [0.5, 0.6) is 0 Å². The number of hydrogen-bond donors (Lipinski definition) is 2. The van der Waals surface area contributed by atoms with Crippen molar-refractivity contribution in [3.63, 3.8) is 0 Å². The normalized spacial score (nSPS) is 23.8. The van der Waals surface area contributed by atoms with Crippen molar-refractivity contribution in [2.24, 2.45) is 5.92 Å². The van der Waals surface area contributed by atoms with Crippen LogP contribution in [0.1, 0.15) is 57.6 Å². The first-order chi connectivity index (χ1) is 15.1. The molecule has 1 heterocycles. The van der Waals surface area contributed by atoms with E-state index < -0.39 is 48.5 Å². The average Bonchev–Trinajstić information content (AvgIpc) is 2.96. The Labute approximate surface area is 196 Å². The van der Waals surface area contributed by atoms with Crippen LogP contribution in [0.25, 0.3) is 0 Å². The molecule has 0 aromatic heterocycles. The third-order valence-corrected chi connectivity index (χ3v) is 6.80. The number of urea groups is 1. The number of esters is 1. The van der Waals surface area contributed by atoms with Gasteiger partial charge in [-0.15, -0.1) is 0 Å². The lowest BCUT2D eigenvalue weighted by Gasteiger charge is -2.34. The smallest absolute Gasteiger partial charge is 0.326 e. The van der Waals surface area contributed by atoms with Crippen LogP contribution < -0.4 is 10.6 Å². The second-order valence-corrected chi connectivity index (χ2v) is 9.21. The van der Waals surface area contributed by atoms with E-state index >= 15 is 0 Å². The molecule has 1 aromatic rings. The molecule has 1 spiro atoms. The van der Waals surface area contributed by atoms with E-state index in [0.29, 0.717) is 34.4 Å². The van der Waals surface area contributed by atoms with Crippen molar-refractivity contribution in [3.8, 4) is 0 Å². The van der Waals surface area contributed by atoms with Gasteiger partial charge in [0.1, 0.15) is 12.1 Å². The number of nitrogens with zero attached hydrogens (tertiary/aromatic N) is 1. The van der Waals surface area contributed by atoms with Gasteiger partial charge in [0.25, 0.3) is 11.8 Å². The third kappa shape index (κ3) is 5.35. The number of amides is 4. The predicted molar refractivity (Wildman–Crippen MR) is 119 cm³/mol. The molecule has 0 bridgehead atoms. The summed E-state index contributed by atoms with van der Waals surface area (Å²) < 4.78 is 4.98. The topological polar surface area (TPSA) is 105 Å². The highest BCUT2D eigenvalue weighted by molar-refractivity contribution is 6.35. The summed E-state index contributed by atoms with van der Waals surface area (Å²) in [5, 5.41) is 6.33. The fraction of sp³-hybridized carbons (Fsp3) is 0.545.